The van der Waals surface area contributed by atoms with E-state index in [0.29, 0.717) is 0 Å². The summed E-state index contributed by atoms with van der Waals surface area (Å²) in [5, 5.41) is 0. The minimum absolute atomic E-state index is 0.0619. The maximum absolute atomic E-state index is 6.19. The number of methoxy groups -OCH3 is 1. The summed E-state index contributed by atoms with van der Waals surface area (Å²) in [4.78, 5) is 0. The van der Waals surface area contributed by atoms with Crippen LogP contribution in [0.4, 0.5) is 0 Å². The van der Waals surface area contributed by atoms with Crippen molar-refractivity contribution < 1.29 is 4.74 Å². The van der Waals surface area contributed by atoms with Gasteiger partial charge in [-0.05, 0) is 43.4 Å². The third-order valence-corrected chi connectivity index (χ3v) is 3.04. The SMILES string of the molecule is COc1cccc(CC2(N)CCC2)c1. The van der Waals surface area contributed by atoms with Crippen molar-refractivity contribution in [1.29, 1.82) is 0 Å². The molecule has 0 radical (unpaired) electrons. The largest absolute Gasteiger partial charge is 0.497 e. The Kier molecular flexibility index (Phi) is 2.46. The first kappa shape index (κ1) is 9.53. The van der Waals surface area contributed by atoms with Gasteiger partial charge in [-0.1, -0.05) is 12.1 Å². The lowest BCUT2D eigenvalue weighted by molar-refractivity contribution is 0.247. The standard InChI is InChI=1S/C12H17NO/c1-14-11-5-2-4-10(8-11)9-12(13)6-3-7-12/h2,4-5,8H,3,6-7,9,13H2,1H3. The lowest BCUT2D eigenvalue weighted by Crippen LogP contribution is -2.48. The van der Waals surface area contributed by atoms with Crippen molar-refractivity contribution in [2.24, 2.45) is 5.73 Å². The summed E-state index contributed by atoms with van der Waals surface area (Å²) < 4.78 is 5.18. The molecule has 1 aliphatic carbocycles. The molecule has 0 aliphatic heterocycles. The summed E-state index contributed by atoms with van der Waals surface area (Å²) in [6.07, 6.45) is 4.57. The van der Waals surface area contributed by atoms with Gasteiger partial charge < -0.3 is 10.5 Å². The van der Waals surface area contributed by atoms with E-state index in [1.807, 2.05) is 12.1 Å². The van der Waals surface area contributed by atoms with Crippen LogP contribution in [0.2, 0.25) is 0 Å². The van der Waals surface area contributed by atoms with Gasteiger partial charge in [-0.2, -0.15) is 0 Å². The third-order valence-electron chi connectivity index (χ3n) is 3.04. The van der Waals surface area contributed by atoms with Crippen molar-refractivity contribution in [3.8, 4) is 5.75 Å². The van der Waals surface area contributed by atoms with E-state index < -0.39 is 0 Å². The van der Waals surface area contributed by atoms with Crippen LogP contribution in [0.5, 0.6) is 5.75 Å². The molecule has 2 nitrogen and oxygen atoms in total. The molecule has 0 atom stereocenters. The Balaban J connectivity index is 2.08. The molecular weight excluding hydrogens is 174 g/mol. The van der Waals surface area contributed by atoms with Crippen LogP contribution in [-0.4, -0.2) is 12.6 Å². The topological polar surface area (TPSA) is 35.2 Å². The molecule has 1 saturated carbocycles. The molecule has 0 unspecified atom stereocenters. The molecule has 0 saturated heterocycles. The molecule has 0 aromatic heterocycles. The fourth-order valence-electron chi connectivity index (χ4n) is 2.00. The van der Waals surface area contributed by atoms with Gasteiger partial charge in [0.1, 0.15) is 5.75 Å². The van der Waals surface area contributed by atoms with E-state index in [2.05, 4.69) is 12.1 Å². The maximum atomic E-state index is 6.19. The molecule has 2 rings (SSSR count). The van der Waals surface area contributed by atoms with Crippen LogP contribution in [0.1, 0.15) is 24.8 Å². The molecule has 1 aromatic carbocycles. The summed E-state index contributed by atoms with van der Waals surface area (Å²) in [7, 11) is 1.70. The van der Waals surface area contributed by atoms with Crippen molar-refractivity contribution in [1.82, 2.24) is 0 Å². The summed E-state index contributed by atoms with van der Waals surface area (Å²) in [5.41, 5.74) is 7.53. The minimum atomic E-state index is 0.0619. The van der Waals surface area contributed by atoms with Gasteiger partial charge in [0.15, 0.2) is 0 Å². The van der Waals surface area contributed by atoms with Gasteiger partial charge in [0.2, 0.25) is 0 Å². The molecule has 2 N–H and O–H groups in total. The molecule has 0 bridgehead atoms. The predicted molar refractivity (Wildman–Crippen MR) is 57.5 cm³/mol. The first-order chi connectivity index (χ1) is 6.72. The Hall–Kier alpha value is -1.02. The zero-order chi connectivity index (χ0) is 10.0. The highest BCUT2D eigenvalue weighted by Gasteiger charge is 2.32. The van der Waals surface area contributed by atoms with Crippen LogP contribution >= 0.6 is 0 Å². The van der Waals surface area contributed by atoms with Crippen LogP contribution in [0, 0.1) is 0 Å². The summed E-state index contributed by atoms with van der Waals surface area (Å²) in [6.45, 7) is 0. The van der Waals surface area contributed by atoms with Gasteiger partial charge >= 0.3 is 0 Å². The second-order valence-corrected chi connectivity index (χ2v) is 4.24. The Bertz CT molecular complexity index is 318. The van der Waals surface area contributed by atoms with Crippen molar-refractivity contribution in [3.05, 3.63) is 29.8 Å². The van der Waals surface area contributed by atoms with Gasteiger partial charge in [-0.3, -0.25) is 0 Å². The van der Waals surface area contributed by atoms with Crippen LogP contribution in [0.15, 0.2) is 24.3 Å². The number of rotatable bonds is 3. The maximum Gasteiger partial charge on any atom is 0.119 e. The summed E-state index contributed by atoms with van der Waals surface area (Å²) in [6, 6.07) is 8.19. The number of hydrogen-bond donors (Lipinski definition) is 1. The van der Waals surface area contributed by atoms with Crippen LogP contribution in [0.3, 0.4) is 0 Å². The predicted octanol–water partition coefficient (Wildman–Crippen LogP) is 2.12. The van der Waals surface area contributed by atoms with Gasteiger partial charge in [0.05, 0.1) is 7.11 Å². The Labute approximate surface area is 85.1 Å². The number of benzene rings is 1. The molecule has 2 heteroatoms. The van der Waals surface area contributed by atoms with Crippen molar-refractivity contribution in [2.45, 2.75) is 31.2 Å². The highest BCUT2D eigenvalue weighted by Crippen LogP contribution is 2.32. The molecule has 1 fully saturated rings. The quantitative estimate of drug-likeness (QED) is 0.794. The van der Waals surface area contributed by atoms with Gasteiger partial charge in [-0.25, -0.2) is 0 Å². The van der Waals surface area contributed by atoms with Crippen LogP contribution in [-0.2, 0) is 6.42 Å². The Morgan fingerprint density at radius 1 is 1.43 bits per heavy atom. The zero-order valence-electron chi connectivity index (χ0n) is 8.62. The van der Waals surface area contributed by atoms with Gasteiger partial charge in [-0.15, -0.1) is 0 Å². The zero-order valence-corrected chi connectivity index (χ0v) is 8.62. The fraction of sp³-hybridized carbons (Fsp3) is 0.500. The Morgan fingerprint density at radius 3 is 2.79 bits per heavy atom. The normalized spacial score (nSPS) is 18.7. The highest BCUT2D eigenvalue weighted by molar-refractivity contribution is 5.30. The second-order valence-electron chi connectivity index (χ2n) is 4.24. The molecule has 0 heterocycles. The molecular formula is C12H17NO. The number of hydrogen-bond acceptors (Lipinski definition) is 2. The molecule has 14 heavy (non-hydrogen) atoms. The molecule has 1 aliphatic rings. The van der Waals surface area contributed by atoms with Gasteiger partial charge in [0.25, 0.3) is 0 Å². The average molecular weight is 191 g/mol. The third kappa shape index (κ3) is 1.90. The average Bonchev–Trinajstić information content (AvgIpc) is 2.16. The lowest BCUT2D eigenvalue weighted by atomic mass is 9.74. The van der Waals surface area contributed by atoms with Crippen LogP contribution in [0.25, 0.3) is 0 Å². The van der Waals surface area contributed by atoms with E-state index in [1.54, 1.807) is 7.11 Å². The fourth-order valence-corrected chi connectivity index (χ4v) is 2.00. The van der Waals surface area contributed by atoms with Crippen molar-refractivity contribution in [2.75, 3.05) is 7.11 Å². The van der Waals surface area contributed by atoms with E-state index in [4.69, 9.17) is 10.5 Å². The molecule has 0 spiro atoms. The number of nitrogens with two attached hydrogens (primary N) is 1. The van der Waals surface area contributed by atoms with E-state index >= 15 is 0 Å². The van der Waals surface area contributed by atoms with E-state index in [1.165, 1.54) is 12.0 Å². The van der Waals surface area contributed by atoms with Crippen LogP contribution < -0.4 is 10.5 Å². The van der Waals surface area contributed by atoms with Crippen molar-refractivity contribution in [3.63, 3.8) is 0 Å². The first-order valence-electron chi connectivity index (χ1n) is 5.14. The van der Waals surface area contributed by atoms with E-state index in [9.17, 15) is 0 Å². The van der Waals surface area contributed by atoms with Crippen molar-refractivity contribution >= 4 is 0 Å². The minimum Gasteiger partial charge on any atom is -0.497 e. The smallest absolute Gasteiger partial charge is 0.119 e. The Morgan fingerprint density at radius 2 is 2.21 bits per heavy atom. The summed E-state index contributed by atoms with van der Waals surface area (Å²) >= 11 is 0. The van der Waals surface area contributed by atoms with Gasteiger partial charge in [0, 0.05) is 5.54 Å². The lowest BCUT2D eigenvalue weighted by Gasteiger charge is -2.38. The number of ether oxygens (including phenoxy) is 1. The van der Waals surface area contributed by atoms with E-state index in [0.717, 1.165) is 25.0 Å². The molecule has 76 valence electrons. The monoisotopic (exact) mass is 191 g/mol. The molecule has 0 amide bonds. The second kappa shape index (κ2) is 3.62. The first-order valence-corrected chi connectivity index (χ1v) is 5.14. The van der Waals surface area contributed by atoms with E-state index in [-0.39, 0.29) is 5.54 Å². The molecule has 1 aromatic rings. The highest BCUT2D eigenvalue weighted by atomic mass is 16.5. The summed E-state index contributed by atoms with van der Waals surface area (Å²) in [5.74, 6) is 0.922.